The number of amides is 2. The van der Waals surface area contributed by atoms with Gasteiger partial charge in [0.2, 0.25) is 11.7 Å². The lowest BCUT2D eigenvalue weighted by atomic mass is 9.51. The van der Waals surface area contributed by atoms with E-state index in [2.05, 4.69) is 9.69 Å². The zero-order valence-electron chi connectivity index (χ0n) is 22.7. The third-order valence-electron chi connectivity index (χ3n) is 8.09. The van der Waals surface area contributed by atoms with Crippen LogP contribution >= 0.6 is 0 Å². The van der Waals surface area contributed by atoms with Crippen molar-refractivity contribution in [3.05, 3.63) is 61.5 Å². The van der Waals surface area contributed by atoms with E-state index in [-0.39, 0.29) is 23.5 Å². The monoisotopic (exact) mass is 563 g/mol. The number of aromatic hydroxyl groups is 1. The van der Waals surface area contributed by atoms with Crippen molar-refractivity contribution < 1.29 is 39.6 Å². The Kier molecular flexibility index (Phi) is 6.58. The number of nitrogens with two attached hydrogens (primary N) is 1. The van der Waals surface area contributed by atoms with Crippen LogP contribution in [-0.2, 0) is 25.6 Å². The van der Waals surface area contributed by atoms with Crippen LogP contribution in [0.15, 0.2) is 35.1 Å². The summed E-state index contributed by atoms with van der Waals surface area (Å²) < 4.78 is 0. The summed E-state index contributed by atoms with van der Waals surface area (Å²) in [6.45, 7) is 11.7. The molecule has 0 saturated heterocycles. The first-order valence-corrected chi connectivity index (χ1v) is 12.3. The zero-order valence-corrected chi connectivity index (χ0v) is 22.7. The molecular weight excluding hydrogens is 534 g/mol. The summed E-state index contributed by atoms with van der Waals surface area (Å²) in [6.07, 6.45) is 1.79. The Labute approximate surface area is 234 Å². The highest BCUT2D eigenvalue weighted by molar-refractivity contribution is 6.26. The summed E-state index contributed by atoms with van der Waals surface area (Å²) in [4.78, 5) is 62.5. The summed E-state index contributed by atoms with van der Waals surface area (Å²) in [5, 5.41) is 45.3. The van der Waals surface area contributed by atoms with Gasteiger partial charge in [-0.2, -0.15) is 0 Å². The van der Waals surface area contributed by atoms with Gasteiger partial charge in [0.05, 0.1) is 12.0 Å². The van der Waals surface area contributed by atoms with Crippen LogP contribution in [-0.4, -0.2) is 105 Å². The molecule has 2 amide bonds. The van der Waals surface area contributed by atoms with E-state index >= 15 is 0 Å². The molecule has 1 saturated carbocycles. The van der Waals surface area contributed by atoms with Crippen molar-refractivity contribution in [1.82, 2.24) is 9.80 Å². The summed E-state index contributed by atoms with van der Waals surface area (Å²) in [7, 11) is 5.89. The SMILES string of the molecule is C#[N+][C@@]12Cc3c(/C=C/C(=O)N(C)C)ccc(O)c3C(O)=C1C(=O)[C@]1(O)C(O)=C(C(N)=O)C(=O)[C@@H](N(C)C)[C@]1([N+]#C)C2. The topological polar surface area (TPSA) is 190 Å². The zero-order chi connectivity index (χ0) is 30.8. The predicted octanol–water partition coefficient (Wildman–Crippen LogP) is 0.236. The van der Waals surface area contributed by atoms with Crippen molar-refractivity contribution >= 4 is 35.2 Å². The maximum atomic E-state index is 14.3. The number of likely N-dealkylation sites (N-methyl/N-ethyl adjacent to an activating group) is 2. The molecule has 13 nitrogen and oxygen atoms in total. The minimum absolute atomic E-state index is 0.206. The molecule has 0 aliphatic heterocycles. The number of fused-ring (bicyclic) bond motifs is 3. The van der Waals surface area contributed by atoms with Gasteiger partial charge in [-0.05, 0) is 37.4 Å². The second kappa shape index (κ2) is 9.30. The maximum Gasteiger partial charge on any atom is 0.354 e. The molecule has 0 aromatic heterocycles. The van der Waals surface area contributed by atoms with Crippen LogP contribution in [0.5, 0.6) is 5.75 Å². The Morgan fingerprint density at radius 2 is 1.73 bits per heavy atom. The Hall–Kier alpha value is -4.98. The van der Waals surface area contributed by atoms with Gasteiger partial charge in [-0.3, -0.25) is 24.1 Å². The number of aliphatic hydroxyl groups excluding tert-OH is 2. The summed E-state index contributed by atoms with van der Waals surface area (Å²) in [6, 6.07) is 1.08. The van der Waals surface area contributed by atoms with Gasteiger partial charge < -0.3 is 31.1 Å². The van der Waals surface area contributed by atoms with Crippen LogP contribution < -0.4 is 5.73 Å². The Bertz CT molecular complexity index is 1620. The number of Topliss-reactive ketones (excluding diaryl/α,β-unsaturated/α-hetero) is 2. The smallest absolute Gasteiger partial charge is 0.354 e. The average Bonchev–Trinajstić information content (AvgIpc) is 2.89. The first kappa shape index (κ1) is 29.0. The average molecular weight is 564 g/mol. The van der Waals surface area contributed by atoms with Crippen LogP contribution in [0, 0.1) is 13.1 Å². The molecule has 0 bridgehead atoms. The van der Waals surface area contributed by atoms with Gasteiger partial charge in [-0.1, -0.05) is 15.8 Å². The molecule has 0 heterocycles. The molecule has 4 atom stereocenters. The second-order valence-electron chi connectivity index (χ2n) is 10.7. The van der Waals surface area contributed by atoms with Crippen molar-refractivity contribution in [2.45, 2.75) is 35.6 Å². The molecule has 0 spiro atoms. The summed E-state index contributed by atoms with van der Waals surface area (Å²) >= 11 is 0. The van der Waals surface area contributed by atoms with Crippen LogP contribution in [0.3, 0.4) is 0 Å². The van der Waals surface area contributed by atoms with Gasteiger partial charge >= 0.3 is 11.1 Å². The summed E-state index contributed by atoms with van der Waals surface area (Å²) in [5.41, 5.74) is -3.38. The van der Waals surface area contributed by atoms with Gasteiger partial charge in [0.25, 0.3) is 24.7 Å². The van der Waals surface area contributed by atoms with E-state index in [4.69, 9.17) is 18.9 Å². The molecule has 3 aliphatic carbocycles. The lowest BCUT2D eigenvalue weighted by Gasteiger charge is -2.48. The van der Waals surface area contributed by atoms with Crippen molar-refractivity contribution in [3.63, 3.8) is 0 Å². The Morgan fingerprint density at radius 1 is 1.10 bits per heavy atom. The third kappa shape index (κ3) is 3.60. The van der Waals surface area contributed by atoms with Crippen LogP contribution in [0.4, 0.5) is 0 Å². The number of ketones is 2. The number of nitrogens with zero attached hydrogens (tertiary/aromatic N) is 4. The fraction of sp³-hybridized carbons (Fsp3) is 0.357. The van der Waals surface area contributed by atoms with Crippen molar-refractivity contribution in [1.29, 1.82) is 0 Å². The molecule has 3 aliphatic rings. The standard InChI is InChI=1S/C28H27N5O8/c1-30-26-11-14-13(8-10-16(35)32(3)4)7-9-15(34)17(14)20(36)19(26)24(39)28(41)23(38)18(25(29)40)21(37)22(33(5)6)27(28,12-26)31-2/h1-2,7-10,22,41H,11-12H2,3-6H3,(H3-2,29,34,35,36,37,38,39,40)/p+2/t22-,26-,27-,28-/m1/s1. The molecule has 1 fully saturated rings. The first-order valence-electron chi connectivity index (χ1n) is 12.3. The van der Waals surface area contributed by atoms with Crippen molar-refractivity contribution in [2.75, 3.05) is 28.2 Å². The molecule has 6 N–H and O–H groups in total. The fourth-order valence-electron chi connectivity index (χ4n) is 6.24. The normalized spacial score (nSPS) is 29.0. The van der Waals surface area contributed by atoms with E-state index < -0.39 is 75.0 Å². The molecule has 0 unspecified atom stereocenters. The number of hydrogen-bond donors (Lipinski definition) is 5. The van der Waals surface area contributed by atoms with Crippen molar-refractivity contribution in [3.8, 4) is 18.9 Å². The molecule has 212 valence electrons. The molecule has 1 aromatic rings. The molecule has 0 radical (unpaired) electrons. The molecule has 41 heavy (non-hydrogen) atoms. The third-order valence-corrected chi connectivity index (χ3v) is 8.09. The number of benzene rings is 1. The fourth-order valence-corrected chi connectivity index (χ4v) is 6.24. The van der Waals surface area contributed by atoms with Gasteiger partial charge in [0.15, 0.2) is 17.6 Å². The van der Waals surface area contributed by atoms with Gasteiger partial charge in [-0.15, -0.1) is 0 Å². The number of hydrogen-bond acceptors (Lipinski definition) is 9. The minimum atomic E-state index is -3.17. The molecule has 13 heteroatoms. The quantitative estimate of drug-likeness (QED) is 0.252. The number of carbonyl (C=O) groups excluding carboxylic acids is 4. The maximum absolute atomic E-state index is 14.3. The van der Waals surface area contributed by atoms with Crippen LogP contribution in [0.1, 0.15) is 23.1 Å². The Morgan fingerprint density at radius 3 is 2.24 bits per heavy atom. The van der Waals surface area contributed by atoms with Crippen molar-refractivity contribution in [2.24, 2.45) is 5.73 Å². The van der Waals surface area contributed by atoms with E-state index in [1.165, 1.54) is 48.2 Å². The van der Waals surface area contributed by atoms with Crippen LogP contribution in [0.2, 0.25) is 0 Å². The number of primary amides is 1. The second-order valence-corrected chi connectivity index (χ2v) is 10.7. The number of rotatable bonds is 4. The highest BCUT2D eigenvalue weighted by Gasteiger charge is 2.85. The lowest BCUT2D eigenvalue weighted by Crippen LogP contribution is -2.77. The minimum Gasteiger partial charge on any atom is -0.507 e. The number of phenols is 1. The molecular formula is C28H29N5O8+2. The predicted molar refractivity (Wildman–Crippen MR) is 147 cm³/mol. The van der Waals surface area contributed by atoms with Gasteiger partial charge in [-0.25, -0.2) is 0 Å². The lowest BCUT2D eigenvalue weighted by molar-refractivity contribution is -0.153. The van der Waals surface area contributed by atoms with E-state index in [0.29, 0.717) is 5.56 Å². The van der Waals surface area contributed by atoms with E-state index in [9.17, 15) is 39.6 Å². The summed E-state index contributed by atoms with van der Waals surface area (Å²) in [5.74, 6) is -6.91. The number of aliphatic hydroxyl groups is 3. The van der Waals surface area contributed by atoms with Gasteiger partial charge in [0.1, 0.15) is 29.1 Å². The van der Waals surface area contributed by atoms with E-state index in [1.54, 1.807) is 14.1 Å². The molecule has 1 aromatic carbocycles. The molecule has 4 rings (SSSR count). The van der Waals surface area contributed by atoms with E-state index in [0.717, 1.165) is 0 Å². The van der Waals surface area contributed by atoms with Crippen LogP contribution in [0.25, 0.3) is 21.5 Å². The Balaban J connectivity index is 2.11. The number of phenolic OH excluding ortho intramolecular Hbond substituents is 1. The van der Waals surface area contributed by atoms with E-state index in [1.807, 2.05) is 0 Å². The van der Waals surface area contributed by atoms with Gasteiger partial charge in [0, 0.05) is 20.2 Å². The highest BCUT2D eigenvalue weighted by atomic mass is 16.4. The largest absolute Gasteiger partial charge is 0.507 e. The highest BCUT2D eigenvalue weighted by Crippen LogP contribution is 2.59. The first-order chi connectivity index (χ1) is 19.1. The number of carbonyl (C=O) groups is 4.